The van der Waals surface area contributed by atoms with Crippen LogP contribution in [0.5, 0.6) is 0 Å². The molecule has 0 unspecified atom stereocenters. The monoisotopic (exact) mass is 302 g/mol. The lowest BCUT2D eigenvalue weighted by Crippen LogP contribution is -2.50. The highest BCUT2D eigenvalue weighted by Gasteiger charge is 2.38. The Kier molecular flexibility index (Phi) is 5.22. The Bertz CT molecular complexity index is 554. The molecule has 2 amide bonds. The zero-order valence-electron chi connectivity index (χ0n) is 13.8. The highest BCUT2D eigenvalue weighted by Crippen LogP contribution is 2.33. The molecule has 0 aliphatic heterocycles. The van der Waals surface area contributed by atoms with E-state index in [0.717, 1.165) is 18.4 Å². The van der Waals surface area contributed by atoms with Crippen LogP contribution in [0.4, 0.5) is 0 Å². The van der Waals surface area contributed by atoms with Gasteiger partial charge in [-0.3, -0.25) is 9.59 Å². The van der Waals surface area contributed by atoms with Gasteiger partial charge in [0, 0.05) is 11.6 Å². The van der Waals surface area contributed by atoms with Gasteiger partial charge in [-0.15, -0.1) is 0 Å². The van der Waals surface area contributed by atoms with Crippen molar-refractivity contribution in [3.63, 3.8) is 0 Å². The topological polar surface area (TPSA) is 58.2 Å². The highest BCUT2D eigenvalue weighted by molar-refractivity contribution is 5.97. The Hall–Kier alpha value is -1.84. The fourth-order valence-electron chi connectivity index (χ4n) is 2.69. The molecule has 120 valence electrons. The maximum Gasteiger partial charge on any atom is 0.251 e. The largest absolute Gasteiger partial charge is 0.351 e. The van der Waals surface area contributed by atoms with Crippen LogP contribution in [-0.2, 0) is 4.79 Å². The number of carbonyl (C=O) groups excluding carboxylic acids is 2. The summed E-state index contributed by atoms with van der Waals surface area (Å²) >= 11 is 0. The second-order valence-electron chi connectivity index (χ2n) is 6.58. The number of benzene rings is 1. The Balaban J connectivity index is 1.99. The van der Waals surface area contributed by atoms with Crippen molar-refractivity contribution in [2.45, 2.75) is 52.6 Å². The average molecular weight is 302 g/mol. The quantitative estimate of drug-likeness (QED) is 0.849. The molecule has 1 aliphatic rings. The zero-order valence-corrected chi connectivity index (χ0v) is 13.8. The molecule has 0 saturated heterocycles. The summed E-state index contributed by atoms with van der Waals surface area (Å²) in [5, 5.41) is 5.93. The third-order valence-corrected chi connectivity index (χ3v) is 4.29. The minimum atomic E-state index is -0.494. The van der Waals surface area contributed by atoms with Gasteiger partial charge in [-0.05, 0) is 37.3 Å². The first-order valence-electron chi connectivity index (χ1n) is 8.10. The van der Waals surface area contributed by atoms with Crippen molar-refractivity contribution in [1.29, 1.82) is 0 Å². The van der Waals surface area contributed by atoms with E-state index >= 15 is 0 Å². The summed E-state index contributed by atoms with van der Waals surface area (Å²) in [7, 11) is 0. The minimum absolute atomic E-state index is 0.0487. The van der Waals surface area contributed by atoms with E-state index in [1.54, 1.807) is 6.07 Å². The second kappa shape index (κ2) is 6.95. The van der Waals surface area contributed by atoms with Crippen molar-refractivity contribution in [2.75, 3.05) is 0 Å². The third kappa shape index (κ3) is 4.09. The van der Waals surface area contributed by atoms with Gasteiger partial charge >= 0.3 is 0 Å². The number of rotatable bonds is 6. The molecular formula is C18H26N2O2. The normalized spacial score (nSPS) is 21.3. The van der Waals surface area contributed by atoms with E-state index in [9.17, 15) is 9.59 Å². The van der Waals surface area contributed by atoms with Crippen LogP contribution in [0.15, 0.2) is 24.3 Å². The van der Waals surface area contributed by atoms with Crippen LogP contribution < -0.4 is 10.6 Å². The molecule has 4 nitrogen and oxygen atoms in total. The lowest BCUT2D eigenvalue weighted by molar-refractivity contribution is -0.124. The van der Waals surface area contributed by atoms with E-state index in [4.69, 9.17) is 0 Å². The van der Waals surface area contributed by atoms with Gasteiger partial charge in [-0.2, -0.15) is 0 Å². The Morgan fingerprint density at radius 3 is 2.59 bits per heavy atom. The minimum Gasteiger partial charge on any atom is -0.351 e. The molecule has 2 rings (SSSR count). The number of carbonyl (C=O) groups is 2. The molecule has 1 aromatic rings. The van der Waals surface area contributed by atoms with Crippen LogP contribution in [0, 0.1) is 18.8 Å². The number of amides is 2. The summed E-state index contributed by atoms with van der Waals surface area (Å²) in [5.74, 6) is 0.383. The third-order valence-electron chi connectivity index (χ3n) is 4.29. The Labute approximate surface area is 132 Å². The van der Waals surface area contributed by atoms with E-state index in [0.29, 0.717) is 11.5 Å². The predicted octanol–water partition coefficient (Wildman–Crippen LogP) is 2.66. The molecule has 1 fully saturated rings. The molecule has 0 heterocycles. The van der Waals surface area contributed by atoms with E-state index in [1.807, 2.05) is 39.0 Å². The maximum absolute atomic E-state index is 12.4. The fourth-order valence-corrected chi connectivity index (χ4v) is 2.69. The van der Waals surface area contributed by atoms with Crippen molar-refractivity contribution in [2.24, 2.45) is 11.8 Å². The predicted molar refractivity (Wildman–Crippen MR) is 87.6 cm³/mol. The van der Waals surface area contributed by atoms with Crippen molar-refractivity contribution >= 4 is 11.8 Å². The van der Waals surface area contributed by atoms with Crippen molar-refractivity contribution < 1.29 is 9.59 Å². The Morgan fingerprint density at radius 1 is 1.32 bits per heavy atom. The van der Waals surface area contributed by atoms with Gasteiger partial charge in [0.2, 0.25) is 5.91 Å². The van der Waals surface area contributed by atoms with E-state index < -0.39 is 6.04 Å². The molecular weight excluding hydrogens is 276 g/mol. The average Bonchev–Trinajstić information content (AvgIpc) is 3.22. The standard InChI is InChI=1S/C18H26N2O2/c1-5-13-10-15(13)19-18(22)16(11(2)3)20-17(21)14-8-6-7-12(4)9-14/h6-9,11,13,15-16H,5,10H2,1-4H3,(H,19,22)(H,20,21)/t13-,15-,16-/m1/s1. The molecule has 1 saturated carbocycles. The number of aryl methyl sites for hydroxylation is 1. The lowest BCUT2D eigenvalue weighted by atomic mass is 10.0. The summed E-state index contributed by atoms with van der Waals surface area (Å²) in [6, 6.07) is 7.19. The van der Waals surface area contributed by atoms with Crippen LogP contribution in [0.1, 0.15) is 49.5 Å². The smallest absolute Gasteiger partial charge is 0.251 e. The molecule has 0 bridgehead atoms. The van der Waals surface area contributed by atoms with Crippen LogP contribution in [0.2, 0.25) is 0 Å². The Morgan fingerprint density at radius 2 is 2.05 bits per heavy atom. The molecule has 0 aromatic heterocycles. The summed E-state index contributed by atoms with van der Waals surface area (Å²) in [6.45, 7) is 7.98. The van der Waals surface area contributed by atoms with Crippen LogP contribution >= 0.6 is 0 Å². The summed E-state index contributed by atoms with van der Waals surface area (Å²) in [5.41, 5.74) is 1.62. The van der Waals surface area contributed by atoms with Gasteiger partial charge in [-0.1, -0.05) is 44.9 Å². The second-order valence-corrected chi connectivity index (χ2v) is 6.58. The van der Waals surface area contributed by atoms with Gasteiger partial charge in [0.05, 0.1) is 0 Å². The molecule has 0 spiro atoms. The zero-order chi connectivity index (χ0) is 16.3. The maximum atomic E-state index is 12.4. The van der Waals surface area contributed by atoms with E-state index in [2.05, 4.69) is 17.6 Å². The van der Waals surface area contributed by atoms with Crippen LogP contribution in [0.25, 0.3) is 0 Å². The van der Waals surface area contributed by atoms with Crippen molar-refractivity contribution in [3.05, 3.63) is 35.4 Å². The number of nitrogens with one attached hydrogen (secondary N) is 2. The molecule has 22 heavy (non-hydrogen) atoms. The highest BCUT2D eigenvalue weighted by atomic mass is 16.2. The molecule has 1 aliphatic carbocycles. The first-order chi connectivity index (χ1) is 10.4. The first-order valence-corrected chi connectivity index (χ1v) is 8.10. The van der Waals surface area contributed by atoms with Gasteiger partial charge in [0.25, 0.3) is 5.91 Å². The van der Waals surface area contributed by atoms with Gasteiger partial charge < -0.3 is 10.6 Å². The molecule has 2 N–H and O–H groups in total. The molecule has 4 heteroatoms. The fraction of sp³-hybridized carbons (Fsp3) is 0.556. The number of hydrogen-bond acceptors (Lipinski definition) is 2. The summed E-state index contributed by atoms with van der Waals surface area (Å²) in [4.78, 5) is 24.8. The van der Waals surface area contributed by atoms with Gasteiger partial charge in [0.15, 0.2) is 0 Å². The van der Waals surface area contributed by atoms with Crippen LogP contribution in [-0.4, -0.2) is 23.9 Å². The van der Waals surface area contributed by atoms with Gasteiger partial charge in [0.1, 0.15) is 6.04 Å². The van der Waals surface area contributed by atoms with Gasteiger partial charge in [-0.25, -0.2) is 0 Å². The van der Waals surface area contributed by atoms with E-state index in [-0.39, 0.29) is 23.8 Å². The lowest BCUT2D eigenvalue weighted by Gasteiger charge is -2.22. The molecule has 1 aromatic carbocycles. The molecule has 0 radical (unpaired) electrons. The SMILES string of the molecule is CC[C@@H]1C[C@H]1NC(=O)[C@H](NC(=O)c1cccc(C)c1)C(C)C. The number of hydrogen-bond donors (Lipinski definition) is 2. The van der Waals surface area contributed by atoms with Crippen molar-refractivity contribution in [1.82, 2.24) is 10.6 Å². The van der Waals surface area contributed by atoms with Crippen LogP contribution in [0.3, 0.4) is 0 Å². The molecule has 3 atom stereocenters. The summed E-state index contributed by atoms with van der Waals surface area (Å²) < 4.78 is 0. The van der Waals surface area contributed by atoms with E-state index in [1.165, 1.54) is 0 Å². The first kappa shape index (κ1) is 16.5. The van der Waals surface area contributed by atoms with Crippen molar-refractivity contribution in [3.8, 4) is 0 Å². The summed E-state index contributed by atoms with van der Waals surface area (Å²) in [6.07, 6.45) is 2.14.